The van der Waals surface area contributed by atoms with Crippen molar-refractivity contribution in [1.29, 1.82) is 0 Å². The zero-order chi connectivity index (χ0) is 10.5. The first-order valence-electron chi connectivity index (χ1n) is 5.77. The van der Waals surface area contributed by atoms with E-state index in [9.17, 15) is 0 Å². The second-order valence-electron chi connectivity index (χ2n) is 3.97. The summed E-state index contributed by atoms with van der Waals surface area (Å²) in [6.07, 6.45) is 10.1. The minimum Gasteiger partial charge on any atom is -0.100 e. The van der Waals surface area contributed by atoms with Crippen LogP contribution in [0.4, 0.5) is 0 Å². The molecule has 0 heteroatoms. The lowest BCUT2D eigenvalue weighted by atomic mass is 10.0. The van der Waals surface area contributed by atoms with Gasteiger partial charge >= 0.3 is 0 Å². The highest BCUT2D eigenvalue weighted by atomic mass is 14.0. The molecule has 0 nitrogen and oxygen atoms in total. The summed E-state index contributed by atoms with van der Waals surface area (Å²) < 4.78 is 0. The van der Waals surface area contributed by atoms with Crippen LogP contribution in [0.5, 0.6) is 0 Å². The van der Waals surface area contributed by atoms with Gasteiger partial charge in [0.1, 0.15) is 0 Å². The monoisotopic (exact) mass is 184 g/mol. The number of rotatable bonds is 2. The summed E-state index contributed by atoms with van der Waals surface area (Å²) in [6.45, 7) is 11.9. The van der Waals surface area contributed by atoms with Gasteiger partial charge in [0.2, 0.25) is 0 Å². The molecule has 0 atom stereocenters. The molecule has 0 aromatic rings. The van der Waals surface area contributed by atoms with Crippen molar-refractivity contribution < 1.29 is 0 Å². The quantitative estimate of drug-likeness (QED) is 0.508. The Morgan fingerprint density at radius 1 is 0.923 bits per heavy atom. The van der Waals surface area contributed by atoms with Gasteiger partial charge in [-0.1, -0.05) is 64.4 Å². The molecule has 0 heterocycles. The third-order valence-electron chi connectivity index (χ3n) is 1.71. The van der Waals surface area contributed by atoms with Crippen molar-refractivity contribution in [3.8, 4) is 0 Å². The maximum absolute atomic E-state index is 3.56. The molecule has 0 unspecified atom stereocenters. The van der Waals surface area contributed by atoms with Crippen LogP contribution in [0.3, 0.4) is 0 Å². The summed E-state index contributed by atoms with van der Waals surface area (Å²) in [5.41, 5.74) is 1.17. The van der Waals surface area contributed by atoms with E-state index in [4.69, 9.17) is 0 Å². The molecule has 0 aromatic carbocycles. The van der Waals surface area contributed by atoms with E-state index in [1.54, 1.807) is 0 Å². The standard InChI is InChI=1S/C5H12.2C4H8/c1-3-5-4-2;1-2-4-3-1;1-4(2)3/h3-5H2,1-2H3;1-4H2;1H2,2-3H3. The Labute approximate surface area is 85.4 Å². The van der Waals surface area contributed by atoms with Gasteiger partial charge in [0.25, 0.3) is 0 Å². The average molecular weight is 184 g/mol. The fraction of sp³-hybridized carbons (Fsp3) is 0.846. The Bertz CT molecular complexity index is 78.2. The van der Waals surface area contributed by atoms with Crippen LogP contribution in [-0.4, -0.2) is 0 Å². The largest absolute Gasteiger partial charge is 0.100 e. The summed E-state index contributed by atoms with van der Waals surface area (Å²) in [5, 5.41) is 0. The van der Waals surface area contributed by atoms with Crippen molar-refractivity contribution in [2.24, 2.45) is 0 Å². The molecule has 80 valence electrons. The van der Waals surface area contributed by atoms with Crippen LogP contribution in [0.2, 0.25) is 0 Å². The van der Waals surface area contributed by atoms with Crippen molar-refractivity contribution in [2.45, 2.75) is 72.6 Å². The second-order valence-corrected chi connectivity index (χ2v) is 3.97. The molecule has 0 bridgehead atoms. The Morgan fingerprint density at radius 3 is 1.15 bits per heavy atom. The van der Waals surface area contributed by atoms with Crippen LogP contribution in [0.1, 0.15) is 72.6 Å². The van der Waals surface area contributed by atoms with E-state index in [1.165, 1.54) is 50.5 Å². The molecule has 0 spiro atoms. The lowest BCUT2D eigenvalue weighted by Gasteiger charge is -2.05. The van der Waals surface area contributed by atoms with Crippen LogP contribution in [-0.2, 0) is 0 Å². The predicted molar refractivity (Wildman–Crippen MR) is 64.2 cm³/mol. The van der Waals surface area contributed by atoms with Crippen molar-refractivity contribution >= 4 is 0 Å². The SMILES string of the molecule is C1CCC1.C=C(C)C.CCCCC. The maximum atomic E-state index is 3.56. The molecular formula is C13H28. The topological polar surface area (TPSA) is 0 Å². The third-order valence-corrected chi connectivity index (χ3v) is 1.71. The van der Waals surface area contributed by atoms with Crippen LogP contribution < -0.4 is 0 Å². The van der Waals surface area contributed by atoms with Crippen LogP contribution in [0, 0.1) is 0 Å². The number of hydrogen-bond acceptors (Lipinski definition) is 0. The number of hydrogen-bond donors (Lipinski definition) is 0. The minimum atomic E-state index is 1.17. The minimum absolute atomic E-state index is 1.17. The van der Waals surface area contributed by atoms with Gasteiger partial charge in [-0.25, -0.2) is 0 Å². The molecule has 0 N–H and O–H groups in total. The average Bonchev–Trinajstić information content (AvgIpc) is 1.83. The lowest BCUT2D eigenvalue weighted by Crippen LogP contribution is -1.85. The van der Waals surface area contributed by atoms with Gasteiger partial charge in [-0.15, -0.1) is 6.58 Å². The zero-order valence-electron chi connectivity index (χ0n) is 10.2. The molecule has 1 saturated carbocycles. The van der Waals surface area contributed by atoms with E-state index in [-0.39, 0.29) is 0 Å². The molecule has 13 heavy (non-hydrogen) atoms. The highest BCUT2D eigenvalue weighted by Crippen LogP contribution is 2.15. The second kappa shape index (κ2) is 14.3. The van der Waals surface area contributed by atoms with Crippen LogP contribution >= 0.6 is 0 Å². The molecule has 1 aliphatic carbocycles. The van der Waals surface area contributed by atoms with Gasteiger partial charge in [-0.2, -0.15) is 0 Å². The summed E-state index contributed by atoms with van der Waals surface area (Å²) in [5.74, 6) is 0. The van der Waals surface area contributed by atoms with E-state index in [1.807, 2.05) is 13.8 Å². The molecule has 1 fully saturated rings. The molecule has 0 saturated heterocycles. The molecular weight excluding hydrogens is 156 g/mol. The summed E-state index contributed by atoms with van der Waals surface area (Å²) in [7, 11) is 0. The maximum Gasteiger partial charge on any atom is -0.0445 e. The summed E-state index contributed by atoms with van der Waals surface area (Å²) in [4.78, 5) is 0. The molecule has 1 rings (SSSR count). The van der Waals surface area contributed by atoms with Gasteiger partial charge in [0.15, 0.2) is 0 Å². The van der Waals surface area contributed by atoms with Crippen LogP contribution in [0.25, 0.3) is 0 Å². The zero-order valence-corrected chi connectivity index (χ0v) is 10.2. The van der Waals surface area contributed by atoms with Gasteiger partial charge in [-0.3, -0.25) is 0 Å². The Morgan fingerprint density at radius 2 is 1.15 bits per heavy atom. The summed E-state index contributed by atoms with van der Waals surface area (Å²) in [6, 6.07) is 0. The Kier molecular flexibility index (Phi) is 16.7. The van der Waals surface area contributed by atoms with Crippen molar-refractivity contribution in [2.75, 3.05) is 0 Å². The first-order valence-corrected chi connectivity index (χ1v) is 5.77. The summed E-state index contributed by atoms with van der Waals surface area (Å²) >= 11 is 0. The van der Waals surface area contributed by atoms with Crippen LogP contribution in [0.15, 0.2) is 12.2 Å². The predicted octanol–water partition coefficient (Wildman–Crippen LogP) is 5.34. The third kappa shape index (κ3) is 33.8. The normalized spacial score (nSPS) is 12.6. The Hall–Kier alpha value is -0.260. The van der Waals surface area contributed by atoms with Gasteiger partial charge in [0, 0.05) is 0 Å². The Balaban J connectivity index is 0. The van der Waals surface area contributed by atoms with Crippen molar-refractivity contribution in [1.82, 2.24) is 0 Å². The van der Waals surface area contributed by atoms with E-state index in [2.05, 4.69) is 20.4 Å². The molecule has 0 aliphatic heterocycles. The smallest absolute Gasteiger partial charge is 0.0445 e. The fourth-order valence-electron chi connectivity index (χ4n) is 0.604. The first kappa shape index (κ1) is 15.2. The van der Waals surface area contributed by atoms with E-state index >= 15 is 0 Å². The first-order chi connectivity index (χ1) is 6.15. The molecule has 0 amide bonds. The van der Waals surface area contributed by atoms with Gasteiger partial charge in [-0.05, 0) is 13.8 Å². The number of allylic oxidation sites excluding steroid dienone is 1. The number of unbranched alkanes of at least 4 members (excludes halogenated alkanes) is 2. The molecule has 0 radical (unpaired) electrons. The molecule has 0 aromatic heterocycles. The fourth-order valence-corrected chi connectivity index (χ4v) is 0.604. The highest BCUT2D eigenvalue weighted by molar-refractivity contribution is 4.78. The lowest BCUT2D eigenvalue weighted by molar-refractivity contribution is 0.504. The van der Waals surface area contributed by atoms with E-state index in [0.717, 1.165) is 0 Å². The molecule has 1 aliphatic rings. The van der Waals surface area contributed by atoms with Crippen molar-refractivity contribution in [3.05, 3.63) is 12.2 Å². The van der Waals surface area contributed by atoms with Gasteiger partial charge in [0.05, 0.1) is 0 Å². The highest BCUT2D eigenvalue weighted by Gasteiger charge is 1.95. The van der Waals surface area contributed by atoms with Crippen molar-refractivity contribution in [3.63, 3.8) is 0 Å². The van der Waals surface area contributed by atoms with E-state index < -0.39 is 0 Å². The van der Waals surface area contributed by atoms with Gasteiger partial charge < -0.3 is 0 Å². The van der Waals surface area contributed by atoms with E-state index in [0.29, 0.717) is 0 Å².